The Labute approximate surface area is 147 Å². The van der Waals surface area contributed by atoms with Crippen molar-refractivity contribution in [1.82, 2.24) is 0 Å². The van der Waals surface area contributed by atoms with Gasteiger partial charge in [-0.3, -0.25) is 0 Å². The molecule has 0 aliphatic carbocycles. The Morgan fingerprint density at radius 1 is 1.13 bits per heavy atom. The normalized spacial score (nSPS) is 12.0. The van der Waals surface area contributed by atoms with Crippen molar-refractivity contribution in [3.8, 4) is 0 Å². The Morgan fingerprint density at radius 2 is 1.91 bits per heavy atom. The smallest absolute Gasteiger partial charge is 0.225 e. The van der Waals surface area contributed by atoms with E-state index in [0.717, 1.165) is 26.7 Å². The van der Waals surface area contributed by atoms with Gasteiger partial charge in [0.2, 0.25) is 5.55 Å². The topological polar surface area (TPSA) is 34.7 Å². The predicted molar refractivity (Wildman–Crippen MR) is 95.9 cm³/mol. The SMILES string of the molecule is CCOCc1cc2cc(Cl)ccc2oc1=Nc1ccc(Br)cc1. The number of halogens is 2. The number of rotatable bonds is 4. The van der Waals surface area contributed by atoms with Crippen molar-refractivity contribution in [1.29, 1.82) is 0 Å². The summed E-state index contributed by atoms with van der Waals surface area (Å²) in [5.74, 6) is 0. The van der Waals surface area contributed by atoms with Crippen molar-refractivity contribution in [3.05, 3.63) is 69.1 Å². The number of hydrogen-bond donors (Lipinski definition) is 0. The van der Waals surface area contributed by atoms with Gasteiger partial charge in [-0.2, -0.15) is 0 Å². The van der Waals surface area contributed by atoms with E-state index in [1.165, 1.54) is 0 Å². The van der Waals surface area contributed by atoms with Gasteiger partial charge in [0.25, 0.3) is 0 Å². The lowest BCUT2D eigenvalue weighted by Gasteiger charge is -2.05. The van der Waals surface area contributed by atoms with Crippen LogP contribution in [-0.2, 0) is 11.3 Å². The molecule has 3 aromatic rings. The monoisotopic (exact) mass is 391 g/mol. The van der Waals surface area contributed by atoms with Crippen LogP contribution >= 0.6 is 27.5 Å². The minimum absolute atomic E-state index is 0.442. The fraction of sp³-hybridized carbons (Fsp3) is 0.167. The molecule has 0 spiro atoms. The maximum absolute atomic E-state index is 6.06. The van der Waals surface area contributed by atoms with E-state index < -0.39 is 0 Å². The first-order valence-corrected chi connectivity index (χ1v) is 8.43. The van der Waals surface area contributed by atoms with Crippen molar-refractivity contribution in [2.45, 2.75) is 13.5 Å². The summed E-state index contributed by atoms with van der Waals surface area (Å²) in [7, 11) is 0. The fourth-order valence-corrected chi connectivity index (χ4v) is 2.63. The quantitative estimate of drug-likeness (QED) is 0.578. The second-order valence-corrected chi connectivity index (χ2v) is 6.34. The molecule has 1 aromatic heterocycles. The summed E-state index contributed by atoms with van der Waals surface area (Å²) < 4.78 is 12.5. The molecule has 3 nitrogen and oxygen atoms in total. The number of ether oxygens (including phenoxy) is 1. The predicted octanol–water partition coefficient (Wildman–Crippen LogP) is 5.62. The maximum Gasteiger partial charge on any atom is 0.225 e. The zero-order valence-electron chi connectivity index (χ0n) is 12.6. The molecule has 0 radical (unpaired) electrons. The molecular weight excluding hydrogens is 378 g/mol. The minimum Gasteiger partial charge on any atom is -0.438 e. The number of nitrogens with zero attached hydrogens (tertiary/aromatic N) is 1. The van der Waals surface area contributed by atoms with Crippen LogP contribution in [0.5, 0.6) is 0 Å². The van der Waals surface area contributed by atoms with Gasteiger partial charge in [0, 0.05) is 27.1 Å². The van der Waals surface area contributed by atoms with Gasteiger partial charge in [-0.25, -0.2) is 4.99 Å². The third kappa shape index (κ3) is 4.02. The van der Waals surface area contributed by atoms with Crippen molar-refractivity contribution in [3.63, 3.8) is 0 Å². The Morgan fingerprint density at radius 3 is 2.65 bits per heavy atom. The van der Waals surface area contributed by atoms with Crippen LogP contribution in [0.25, 0.3) is 11.0 Å². The summed E-state index contributed by atoms with van der Waals surface area (Å²) in [6.07, 6.45) is 0. The van der Waals surface area contributed by atoms with Crippen molar-refractivity contribution < 1.29 is 9.15 Å². The highest BCUT2D eigenvalue weighted by molar-refractivity contribution is 9.10. The summed E-state index contributed by atoms with van der Waals surface area (Å²) in [5, 5.41) is 1.61. The van der Waals surface area contributed by atoms with Gasteiger partial charge in [0.05, 0.1) is 12.3 Å². The summed E-state index contributed by atoms with van der Waals surface area (Å²) in [4.78, 5) is 4.61. The molecule has 0 aliphatic rings. The van der Waals surface area contributed by atoms with Gasteiger partial charge in [0.15, 0.2) is 0 Å². The second-order valence-electron chi connectivity index (χ2n) is 4.98. The third-order valence-corrected chi connectivity index (χ3v) is 4.07. The zero-order chi connectivity index (χ0) is 16.2. The Kier molecular flexibility index (Phi) is 5.16. The van der Waals surface area contributed by atoms with Crippen LogP contribution in [-0.4, -0.2) is 6.61 Å². The molecule has 0 aliphatic heterocycles. The van der Waals surface area contributed by atoms with Gasteiger partial charge in [-0.05, 0) is 55.5 Å². The highest BCUT2D eigenvalue weighted by Crippen LogP contribution is 2.20. The summed E-state index contributed by atoms with van der Waals surface area (Å²) in [6.45, 7) is 3.03. The molecule has 0 saturated heterocycles. The Hall–Kier alpha value is -1.62. The molecule has 0 fully saturated rings. The molecule has 3 rings (SSSR count). The van der Waals surface area contributed by atoms with E-state index >= 15 is 0 Å². The lowest BCUT2D eigenvalue weighted by Crippen LogP contribution is -2.10. The lowest BCUT2D eigenvalue weighted by atomic mass is 10.2. The van der Waals surface area contributed by atoms with Crippen LogP contribution in [0.1, 0.15) is 12.5 Å². The molecule has 0 atom stereocenters. The first-order chi connectivity index (χ1) is 11.2. The largest absolute Gasteiger partial charge is 0.438 e. The Balaban J connectivity index is 2.15. The molecule has 0 amide bonds. The lowest BCUT2D eigenvalue weighted by molar-refractivity contribution is 0.131. The van der Waals surface area contributed by atoms with Crippen LogP contribution in [0.2, 0.25) is 5.02 Å². The van der Waals surface area contributed by atoms with Crippen LogP contribution in [0, 0.1) is 0 Å². The molecule has 5 heteroatoms. The van der Waals surface area contributed by atoms with Crippen LogP contribution < -0.4 is 5.55 Å². The number of fused-ring (bicyclic) bond motifs is 1. The van der Waals surface area contributed by atoms with Crippen molar-refractivity contribution in [2.75, 3.05) is 6.61 Å². The average molecular weight is 393 g/mol. The molecular formula is C18H15BrClNO2. The summed E-state index contributed by atoms with van der Waals surface area (Å²) in [5.41, 5.74) is 3.01. The Bertz CT molecular complexity index is 888. The molecule has 0 saturated carbocycles. The van der Waals surface area contributed by atoms with Gasteiger partial charge in [-0.1, -0.05) is 27.5 Å². The fourth-order valence-electron chi connectivity index (χ4n) is 2.19. The van der Waals surface area contributed by atoms with Crippen LogP contribution in [0.3, 0.4) is 0 Å². The van der Waals surface area contributed by atoms with Crippen LogP contribution in [0.15, 0.2) is 62.4 Å². The van der Waals surface area contributed by atoms with Gasteiger partial charge in [0.1, 0.15) is 5.58 Å². The standard InChI is InChI=1S/C18H15BrClNO2/c1-2-22-11-13-9-12-10-15(20)5-8-17(12)23-18(13)21-16-6-3-14(19)4-7-16/h3-10H,2,11H2,1H3. The summed E-state index contributed by atoms with van der Waals surface area (Å²) >= 11 is 9.48. The maximum atomic E-state index is 6.06. The second kappa shape index (κ2) is 7.30. The van der Waals surface area contributed by atoms with Gasteiger partial charge in [-0.15, -0.1) is 0 Å². The van der Waals surface area contributed by atoms with E-state index in [-0.39, 0.29) is 0 Å². The highest BCUT2D eigenvalue weighted by atomic mass is 79.9. The zero-order valence-corrected chi connectivity index (χ0v) is 14.9. The number of benzene rings is 2. The molecule has 0 N–H and O–H groups in total. The molecule has 1 heterocycles. The van der Waals surface area contributed by atoms with E-state index in [1.54, 1.807) is 6.07 Å². The van der Waals surface area contributed by atoms with Gasteiger partial charge >= 0.3 is 0 Å². The summed E-state index contributed by atoms with van der Waals surface area (Å²) in [6, 6.07) is 15.3. The van der Waals surface area contributed by atoms with E-state index in [0.29, 0.717) is 23.8 Å². The van der Waals surface area contributed by atoms with E-state index in [9.17, 15) is 0 Å². The number of hydrogen-bond acceptors (Lipinski definition) is 3. The molecule has 23 heavy (non-hydrogen) atoms. The van der Waals surface area contributed by atoms with E-state index in [4.69, 9.17) is 20.8 Å². The molecule has 2 aromatic carbocycles. The first-order valence-electron chi connectivity index (χ1n) is 7.26. The van der Waals surface area contributed by atoms with E-state index in [1.807, 2.05) is 49.4 Å². The van der Waals surface area contributed by atoms with E-state index in [2.05, 4.69) is 20.9 Å². The minimum atomic E-state index is 0.442. The van der Waals surface area contributed by atoms with Crippen LogP contribution in [0.4, 0.5) is 5.69 Å². The third-order valence-electron chi connectivity index (χ3n) is 3.30. The van der Waals surface area contributed by atoms with Crippen molar-refractivity contribution >= 4 is 44.2 Å². The first kappa shape index (κ1) is 16.2. The molecule has 0 bridgehead atoms. The molecule has 0 unspecified atom stereocenters. The highest BCUT2D eigenvalue weighted by Gasteiger charge is 2.05. The van der Waals surface area contributed by atoms with Crippen molar-refractivity contribution in [2.24, 2.45) is 4.99 Å². The van der Waals surface area contributed by atoms with Gasteiger partial charge < -0.3 is 9.15 Å². The average Bonchev–Trinajstić information content (AvgIpc) is 2.55. The molecule has 118 valence electrons.